The second-order valence-electron chi connectivity index (χ2n) is 6.04. The number of ether oxygens (including phenoxy) is 1. The number of carbonyl (C=O) groups is 2. The quantitative estimate of drug-likeness (QED) is 0.799. The van der Waals surface area contributed by atoms with Gasteiger partial charge in [0, 0.05) is 7.11 Å². The number of piperazine rings is 1. The molecule has 0 bridgehead atoms. The molecule has 1 saturated heterocycles. The summed E-state index contributed by atoms with van der Waals surface area (Å²) in [6, 6.07) is -0.410. The lowest BCUT2D eigenvalue weighted by Crippen LogP contribution is -2.73. The maximum absolute atomic E-state index is 12.9. The molecule has 1 heterocycles. The molecule has 1 saturated carbocycles. The van der Waals surface area contributed by atoms with Crippen LogP contribution in [-0.4, -0.2) is 48.1 Å². The van der Waals surface area contributed by atoms with Crippen molar-refractivity contribution in [3.05, 3.63) is 0 Å². The molecule has 114 valence electrons. The standard InChI is InChI=1S/C15H26N2O3/c1-5-15(6-2)14(19)16-12(11-7-8-11)13(18)17(15)10(3)9-20-4/h10-12H,5-9H2,1-4H3,(H,16,19). The summed E-state index contributed by atoms with van der Waals surface area (Å²) < 4.78 is 5.21. The number of nitrogens with one attached hydrogen (secondary N) is 1. The third-order valence-electron chi connectivity index (χ3n) is 4.79. The Balaban J connectivity index is 2.34. The van der Waals surface area contributed by atoms with Crippen molar-refractivity contribution in [2.45, 2.75) is 64.1 Å². The van der Waals surface area contributed by atoms with Crippen LogP contribution in [0.1, 0.15) is 46.5 Å². The van der Waals surface area contributed by atoms with Gasteiger partial charge in [0.1, 0.15) is 11.6 Å². The van der Waals surface area contributed by atoms with E-state index in [-0.39, 0.29) is 23.9 Å². The van der Waals surface area contributed by atoms with E-state index in [4.69, 9.17) is 4.74 Å². The van der Waals surface area contributed by atoms with E-state index in [1.165, 1.54) is 0 Å². The van der Waals surface area contributed by atoms with Crippen LogP contribution >= 0.6 is 0 Å². The molecule has 2 atom stereocenters. The Morgan fingerprint density at radius 3 is 2.40 bits per heavy atom. The van der Waals surface area contributed by atoms with E-state index in [0.717, 1.165) is 12.8 Å². The highest BCUT2D eigenvalue weighted by molar-refractivity contribution is 6.00. The molecule has 2 unspecified atom stereocenters. The highest BCUT2D eigenvalue weighted by Crippen LogP contribution is 2.39. The molecule has 0 spiro atoms. The van der Waals surface area contributed by atoms with Crippen LogP contribution in [0, 0.1) is 5.92 Å². The van der Waals surface area contributed by atoms with Crippen LogP contribution in [0.3, 0.4) is 0 Å². The number of carbonyl (C=O) groups excluding carboxylic acids is 2. The van der Waals surface area contributed by atoms with Gasteiger partial charge in [0.2, 0.25) is 11.8 Å². The number of amides is 2. The second kappa shape index (κ2) is 5.72. The van der Waals surface area contributed by atoms with Crippen LogP contribution in [0.25, 0.3) is 0 Å². The van der Waals surface area contributed by atoms with E-state index >= 15 is 0 Å². The normalized spacial score (nSPS) is 27.4. The molecule has 0 aromatic carbocycles. The molecule has 0 aromatic rings. The molecule has 20 heavy (non-hydrogen) atoms. The van der Waals surface area contributed by atoms with Gasteiger partial charge in [-0.25, -0.2) is 0 Å². The van der Waals surface area contributed by atoms with Crippen molar-refractivity contribution in [3.8, 4) is 0 Å². The largest absolute Gasteiger partial charge is 0.383 e. The van der Waals surface area contributed by atoms with Crippen molar-refractivity contribution in [2.24, 2.45) is 5.92 Å². The first-order chi connectivity index (χ1) is 9.51. The van der Waals surface area contributed by atoms with E-state index in [1.54, 1.807) is 12.0 Å². The van der Waals surface area contributed by atoms with Gasteiger partial charge in [-0.1, -0.05) is 13.8 Å². The number of methoxy groups -OCH3 is 1. The first kappa shape index (κ1) is 15.3. The van der Waals surface area contributed by atoms with E-state index in [2.05, 4.69) is 5.32 Å². The third kappa shape index (κ3) is 2.32. The van der Waals surface area contributed by atoms with E-state index < -0.39 is 5.54 Å². The first-order valence-electron chi connectivity index (χ1n) is 7.64. The van der Waals surface area contributed by atoms with E-state index in [1.807, 2.05) is 20.8 Å². The number of hydrogen-bond acceptors (Lipinski definition) is 3. The van der Waals surface area contributed by atoms with Gasteiger partial charge in [0.05, 0.1) is 12.6 Å². The number of nitrogens with zero attached hydrogens (tertiary/aromatic N) is 1. The Kier molecular flexibility index (Phi) is 4.37. The minimum absolute atomic E-state index is 0.00181. The molecule has 5 nitrogen and oxygen atoms in total. The summed E-state index contributed by atoms with van der Waals surface area (Å²) in [6.07, 6.45) is 3.34. The molecular formula is C15H26N2O3. The van der Waals surface area contributed by atoms with Crippen molar-refractivity contribution in [1.29, 1.82) is 0 Å². The topological polar surface area (TPSA) is 58.6 Å². The molecule has 1 N–H and O–H groups in total. The summed E-state index contributed by atoms with van der Waals surface area (Å²) in [5, 5.41) is 2.98. The van der Waals surface area contributed by atoms with Gasteiger partial charge in [0.25, 0.3) is 0 Å². The summed E-state index contributed by atoms with van der Waals surface area (Å²) >= 11 is 0. The van der Waals surface area contributed by atoms with E-state index in [0.29, 0.717) is 25.4 Å². The minimum atomic E-state index is -0.722. The molecule has 2 amide bonds. The van der Waals surface area contributed by atoms with Crippen LogP contribution < -0.4 is 5.32 Å². The predicted molar refractivity (Wildman–Crippen MR) is 76.2 cm³/mol. The summed E-state index contributed by atoms with van der Waals surface area (Å²) in [5.74, 6) is 0.401. The third-order valence-corrected chi connectivity index (χ3v) is 4.79. The first-order valence-corrected chi connectivity index (χ1v) is 7.64. The Labute approximate surface area is 121 Å². The van der Waals surface area contributed by atoms with Crippen LogP contribution in [0.4, 0.5) is 0 Å². The van der Waals surface area contributed by atoms with Crippen molar-refractivity contribution < 1.29 is 14.3 Å². The summed E-state index contributed by atoms with van der Waals surface area (Å²) in [4.78, 5) is 27.3. The Hall–Kier alpha value is -1.10. The molecular weight excluding hydrogens is 256 g/mol. The van der Waals surface area contributed by atoms with Gasteiger partial charge in [-0.15, -0.1) is 0 Å². The van der Waals surface area contributed by atoms with Gasteiger partial charge < -0.3 is 15.0 Å². The Morgan fingerprint density at radius 1 is 1.35 bits per heavy atom. The summed E-state index contributed by atoms with van der Waals surface area (Å²) in [7, 11) is 1.63. The lowest BCUT2D eigenvalue weighted by Gasteiger charge is -2.50. The second-order valence-corrected chi connectivity index (χ2v) is 6.04. The fourth-order valence-electron chi connectivity index (χ4n) is 3.42. The Bertz CT molecular complexity index is 389. The fraction of sp³-hybridized carbons (Fsp3) is 0.867. The lowest BCUT2D eigenvalue weighted by atomic mass is 9.84. The molecule has 0 radical (unpaired) electrons. The zero-order chi connectivity index (χ0) is 14.9. The molecule has 0 aromatic heterocycles. The highest BCUT2D eigenvalue weighted by Gasteiger charge is 2.54. The van der Waals surface area contributed by atoms with Crippen LogP contribution in [0.5, 0.6) is 0 Å². The summed E-state index contributed by atoms with van der Waals surface area (Å²) in [5.41, 5.74) is -0.722. The zero-order valence-corrected chi connectivity index (χ0v) is 12.9. The van der Waals surface area contributed by atoms with Crippen molar-refractivity contribution >= 4 is 11.8 Å². The SMILES string of the molecule is CCC1(CC)C(=O)NC(C2CC2)C(=O)N1C(C)COC. The summed E-state index contributed by atoms with van der Waals surface area (Å²) in [6.45, 7) is 6.36. The van der Waals surface area contributed by atoms with Crippen molar-refractivity contribution in [1.82, 2.24) is 10.2 Å². The molecule has 2 fully saturated rings. The smallest absolute Gasteiger partial charge is 0.246 e. The van der Waals surface area contributed by atoms with Gasteiger partial charge in [0.15, 0.2) is 0 Å². The van der Waals surface area contributed by atoms with Gasteiger partial charge in [-0.2, -0.15) is 0 Å². The fourth-order valence-corrected chi connectivity index (χ4v) is 3.42. The van der Waals surface area contributed by atoms with Gasteiger partial charge in [-0.05, 0) is 38.5 Å². The van der Waals surface area contributed by atoms with Gasteiger partial charge >= 0.3 is 0 Å². The van der Waals surface area contributed by atoms with Crippen LogP contribution in [0.2, 0.25) is 0 Å². The van der Waals surface area contributed by atoms with Crippen molar-refractivity contribution in [3.63, 3.8) is 0 Å². The average Bonchev–Trinajstić information content (AvgIpc) is 3.25. The monoisotopic (exact) mass is 282 g/mol. The molecule has 1 aliphatic carbocycles. The maximum Gasteiger partial charge on any atom is 0.246 e. The number of hydrogen-bond donors (Lipinski definition) is 1. The average molecular weight is 282 g/mol. The maximum atomic E-state index is 12.9. The van der Waals surface area contributed by atoms with E-state index in [9.17, 15) is 9.59 Å². The molecule has 2 aliphatic rings. The zero-order valence-electron chi connectivity index (χ0n) is 12.9. The van der Waals surface area contributed by atoms with Gasteiger partial charge in [-0.3, -0.25) is 9.59 Å². The highest BCUT2D eigenvalue weighted by atomic mass is 16.5. The Morgan fingerprint density at radius 2 is 1.95 bits per heavy atom. The number of rotatable bonds is 6. The molecule has 5 heteroatoms. The molecule has 1 aliphatic heterocycles. The van der Waals surface area contributed by atoms with Crippen LogP contribution in [0.15, 0.2) is 0 Å². The molecule has 2 rings (SSSR count). The van der Waals surface area contributed by atoms with Crippen molar-refractivity contribution in [2.75, 3.05) is 13.7 Å². The minimum Gasteiger partial charge on any atom is -0.383 e. The predicted octanol–water partition coefficient (Wildman–Crippen LogP) is 1.32. The van der Waals surface area contributed by atoms with Crippen LogP contribution in [-0.2, 0) is 14.3 Å². The lowest BCUT2D eigenvalue weighted by molar-refractivity contribution is -0.163.